The van der Waals surface area contributed by atoms with Crippen LogP contribution in [-0.2, 0) is 0 Å². The van der Waals surface area contributed by atoms with Gasteiger partial charge in [-0.1, -0.05) is 11.8 Å². The second kappa shape index (κ2) is 3.24. The first kappa shape index (κ1) is 8.23. The predicted octanol–water partition coefficient (Wildman–Crippen LogP) is 1.14. The lowest BCUT2D eigenvalue weighted by molar-refractivity contribution is 0.323. The number of fused-ring (bicyclic) bond motifs is 1. The zero-order valence-corrected chi connectivity index (χ0v) is 8.43. The number of aromatic nitrogens is 1. The molecule has 2 aliphatic rings. The maximum atomic E-state index is 5.50. The van der Waals surface area contributed by atoms with Crippen molar-refractivity contribution in [2.24, 2.45) is 4.99 Å². The van der Waals surface area contributed by atoms with Crippen LogP contribution in [0.3, 0.4) is 0 Å². The Morgan fingerprint density at radius 1 is 1.57 bits per heavy atom. The highest BCUT2D eigenvalue weighted by Gasteiger charge is 2.26. The van der Waals surface area contributed by atoms with E-state index in [1.165, 1.54) is 5.56 Å². The smallest absolute Gasteiger partial charge is 0.157 e. The van der Waals surface area contributed by atoms with Gasteiger partial charge in [0.05, 0.1) is 12.6 Å². The summed E-state index contributed by atoms with van der Waals surface area (Å²) >= 11 is 1.78. The van der Waals surface area contributed by atoms with E-state index in [0.717, 1.165) is 23.2 Å². The molecule has 74 valence electrons. The molecule has 0 fully saturated rings. The van der Waals surface area contributed by atoms with Crippen molar-refractivity contribution in [2.75, 3.05) is 18.9 Å². The molecule has 0 spiro atoms. The fraction of sp³-hybridized carbons (Fsp3) is 0.444. The van der Waals surface area contributed by atoms with Gasteiger partial charge in [0.25, 0.3) is 0 Å². The molecule has 14 heavy (non-hydrogen) atoms. The normalized spacial score (nSPS) is 24.3. The van der Waals surface area contributed by atoms with Crippen LogP contribution in [0.15, 0.2) is 17.4 Å². The van der Waals surface area contributed by atoms with E-state index >= 15 is 0 Å². The number of ether oxygens (including phenoxy) is 1. The van der Waals surface area contributed by atoms with E-state index in [1.807, 2.05) is 12.4 Å². The molecule has 3 rings (SSSR count). The van der Waals surface area contributed by atoms with Crippen molar-refractivity contribution < 1.29 is 4.74 Å². The van der Waals surface area contributed by atoms with E-state index in [4.69, 9.17) is 4.74 Å². The average molecular weight is 209 g/mol. The van der Waals surface area contributed by atoms with Crippen LogP contribution in [-0.4, -0.2) is 29.1 Å². The fourth-order valence-electron chi connectivity index (χ4n) is 1.71. The molecule has 1 atom stereocenters. The lowest BCUT2D eigenvalue weighted by Gasteiger charge is -2.10. The Morgan fingerprint density at radius 2 is 2.57 bits per heavy atom. The van der Waals surface area contributed by atoms with Crippen LogP contribution < -0.4 is 10.1 Å². The lowest BCUT2D eigenvalue weighted by atomic mass is 10.2. The molecule has 1 aromatic heterocycles. The zero-order valence-electron chi connectivity index (χ0n) is 7.62. The van der Waals surface area contributed by atoms with Crippen LogP contribution in [0.1, 0.15) is 11.6 Å². The Bertz CT molecular complexity index is 374. The first-order valence-electron chi connectivity index (χ1n) is 4.67. The van der Waals surface area contributed by atoms with Crippen LogP contribution in [0.2, 0.25) is 0 Å². The summed E-state index contributed by atoms with van der Waals surface area (Å²) in [4.78, 5) is 7.40. The van der Waals surface area contributed by atoms with Crippen LogP contribution >= 0.6 is 11.8 Å². The van der Waals surface area contributed by atoms with E-state index in [2.05, 4.69) is 15.3 Å². The number of hydrogen-bond donors (Lipinski definition) is 2. The van der Waals surface area contributed by atoms with Crippen molar-refractivity contribution in [3.8, 4) is 5.75 Å². The number of hydrogen-bond acceptors (Lipinski definition) is 4. The number of aliphatic imine (C=N–C) groups is 1. The van der Waals surface area contributed by atoms with Gasteiger partial charge >= 0.3 is 0 Å². The summed E-state index contributed by atoms with van der Waals surface area (Å²) in [5, 5.41) is 4.44. The van der Waals surface area contributed by atoms with Crippen LogP contribution in [0.25, 0.3) is 0 Å². The minimum Gasteiger partial charge on any atom is -0.489 e. The second-order valence-electron chi connectivity index (χ2n) is 3.32. The Morgan fingerprint density at radius 3 is 3.43 bits per heavy atom. The Hall–Kier alpha value is -1.10. The van der Waals surface area contributed by atoms with Crippen LogP contribution in [0.5, 0.6) is 5.75 Å². The van der Waals surface area contributed by atoms with Gasteiger partial charge < -0.3 is 15.0 Å². The molecule has 0 aromatic carbocycles. The number of nitrogens with zero attached hydrogens (tertiary/aromatic N) is 1. The molecule has 0 amide bonds. The summed E-state index contributed by atoms with van der Waals surface area (Å²) in [6, 6.07) is 0.264. The minimum absolute atomic E-state index is 0.264. The molecule has 0 bridgehead atoms. The van der Waals surface area contributed by atoms with Crippen LogP contribution in [0.4, 0.5) is 0 Å². The summed E-state index contributed by atoms with van der Waals surface area (Å²) in [6.45, 7) is 1.64. The molecule has 0 aliphatic carbocycles. The van der Waals surface area contributed by atoms with E-state index in [-0.39, 0.29) is 6.04 Å². The van der Waals surface area contributed by atoms with Gasteiger partial charge in [-0.15, -0.1) is 0 Å². The monoisotopic (exact) mass is 209 g/mol. The second-order valence-corrected chi connectivity index (χ2v) is 4.40. The summed E-state index contributed by atoms with van der Waals surface area (Å²) in [5.74, 6) is 2.06. The summed E-state index contributed by atoms with van der Waals surface area (Å²) in [6.07, 6.45) is 3.88. The fourth-order valence-corrected chi connectivity index (χ4v) is 2.50. The topological polar surface area (TPSA) is 49.4 Å². The van der Waals surface area contributed by atoms with E-state index < -0.39 is 0 Å². The van der Waals surface area contributed by atoms with Crippen LogP contribution in [0, 0.1) is 0 Å². The maximum Gasteiger partial charge on any atom is 0.157 e. The third-order valence-electron chi connectivity index (χ3n) is 2.40. The zero-order chi connectivity index (χ0) is 9.38. The van der Waals surface area contributed by atoms with Crippen molar-refractivity contribution in [1.29, 1.82) is 0 Å². The molecule has 1 unspecified atom stereocenters. The molecular weight excluding hydrogens is 198 g/mol. The quantitative estimate of drug-likeness (QED) is 0.729. The van der Waals surface area contributed by atoms with E-state index in [0.29, 0.717) is 6.61 Å². The standard InChI is InChI=1S/C9H11N3OS/c1-2-14-9(11-1)12-7-5-13-8-4-10-3-6(7)8/h3-4,7,10H,1-2,5H2,(H,11,12). The first-order valence-corrected chi connectivity index (χ1v) is 5.65. The van der Waals surface area contributed by atoms with Gasteiger partial charge in [0.15, 0.2) is 5.17 Å². The van der Waals surface area contributed by atoms with Crippen molar-refractivity contribution >= 4 is 16.9 Å². The van der Waals surface area contributed by atoms with Gasteiger partial charge in [0, 0.05) is 23.7 Å². The Kier molecular flexibility index (Phi) is 1.90. The van der Waals surface area contributed by atoms with Crippen molar-refractivity contribution in [2.45, 2.75) is 6.04 Å². The SMILES string of the molecule is c1[nH]cc2c1OCC2NC1=NCCS1. The predicted molar refractivity (Wildman–Crippen MR) is 56.9 cm³/mol. The third-order valence-corrected chi connectivity index (χ3v) is 3.31. The maximum absolute atomic E-state index is 5.50. The highest BCUT2D eigenvalue weighted by atomic mass is 32.2. The largest absolute Gasteiger partial charge is 0.489 e. The number of thioether (sulfide) groups is 1. The van der Waals surface area contributed by atoms with E-state index in [1.54, 1.807) is 11.8 Å². The molecular formula is C9H11N3OS. The number of rotatable bonds is 1. The molecule has 0 saturated carbocycles. The van der Waals surface area contributed by atoms with Gasteiger partial charge in [-0.3, -0.25) is 4.99 Å². The lowest BCUT2D eigenvalue weighted by Crippen LogP contribution is -2.26. The van der Waals surface area contributed by atoms with Gasteiger partial charge in [0.2, 0.25) is 0 Å². The first-order chi connectivity index (χ1) is 6.93. The third kappa shape index (κ3) is 1.28. The average Bonchev–Trinajstić information content (AvgIpc) is 2.85. The number of amidine groups is 1. The number of H-pyrrole nitrogens is 1. The molecule has 2 aliphatic heterocycles. The highest BCUT2D eigenvalue weighted by Crippen LogP contribution is 2.32. The summed E-state index contributed by atoms with van der Waals surface area (Å²) < 4.78 is 5.50. The van der Waals surface area contributed by atoms with Gasteiger partial charge in [0.1, 0.15) is 12.4 Å². The Labute approximate surface area is 86.1 Å². The number of aromatic amines is 1. The van der Waals surface area contributed by atoms with Gasteiger partial charge in [-0.2, -0.15) is 0 Å². The van der Waals surface area contributed by atoms with Gasteiger partial charge in [-0.05, 0) is 0 Å². The molecule has 1 aromatic rings. The minimum atomic E-state index is 0.264. The van der Waals surface area contributed by atoms with Crippen molar-refractivity contribution in [3.05, 3.63) is 18.0 Å². The number of nitrogens with one attached hydrogen (secondary N) is 2. The van der Waals surface area contributed by atoms with Crippen molar-refractivity contribution in [1.82, 2.24) is 10.3 Å². The molecule has 0 radical (unpaired) electrons. The molecule has 0 saturated heterocycles. The summed E-state index contributed by atoms with van der Waals surface area (Å²) in [5.41, 5.74) is 1.21. The molecule has 2 N–H and O–H groups in total. The summed E-state index contributed by atoms with van der Waals surface area (Å²) in [7, 11) is 0. The highest BCUT2D eigenvalue weighted by molar-refractivity contribution is 8.14. The van der Waals surface area contributed by atoms with Gasteiger partial charge in [-0.25, -0.2) is 0 Å². The molecule has 3 heterocycles. The van der Waals surface area contributed by atoms with E-state index in [9.17, 15) is 0 Å². The molecule has 4 nitrogen and oxygen atoms in total. The molecule has 5 heteroatoms. The van der Waals surface area contributed by atoms with Crippen molar-refractivity contribution in [3.63, 3.8) is 0 Å². The Balaban J connectivity index is 1.75.